The van der Waals surface area contributed by atoms with E-state index in [1.165, 1.54) is 5.56 Å². The zero-order valence-electron chi connectivity index (χ0n) is 14.2. The summed E-state index contributed by atoms with van der Waals surface area (Å²) in [6.07, 6.45) is 3.59. The highest BCUT2D eigenvalue weighted by Gasteiger charge is 2.36. The summed E-state index contributed by atoms with van der Waals surface area (Å²) in [6, 6.07) is 10.3. The number of rotatable bonds is 4. The summed E-state index contributed by atoms with van der Waals surface area (Å²) in [7, 11) is 0. The molecule has 2 atom stereocenters. The van der Waals surface area contributed by atoms with E-state index in [1.54, 1.807) is 4.90 Å². The molecule has 2 aliphatic heterocycles. The van der Waals surface area contributed by atoms with Gasteiger partial charge < -0.3 is 15.5 Å². The molecular weight excluding hydrogens is 302 g/mol. The second kappa shape index (κ2) is 7.79. The molecule has 2 aliphatic rings. The van der Waals surface area contributed by atoms with Gasteiger partial charge in [-0.1, -0.05) is 36.8 Å². The predicted octanol–water partition coefficient (Wildman–Crippen LogP) is 1.59. The number of hydrogen-bond donors (Lipinski definition) is 1. The van der Waals surface area contributed by atoms with Gasteiger partial charge in [-0.25, -0.2) is 0 Å². The molecule has 0 spiro atoms. The second-order valence-electron chi connectivity index (χ2n) is 6.94. The topological polar surface area (TPSA) is 66.6 Å². The number of nitrogens with zero attached hydrogens (tertiary/aromatic N) is 2. The van der Waals surface area contributed by atoms with Crippen molar-refractivity contribution in [3.63, 3.8) is 0 Å². The summed E-state index contributed by atoms with van der Waals surface area (Å²) >= 11 is 0. The summed E-state index contributed by atoms with van der Waals surface area (Å²) in [5.41, 5.74) is 7.19. The molecule has 5 heteroatoms. The Morgan fingerprint density at radius 2 is 1.92 bits per heavy atom. The van der Waals surface area contributed by atoms with Crippen LogP contribution in [-0.2, 0) is 9.59 Å². The fourth-order valence-electron chi connectivity index (χ4n) is 3.86. The van der Waals surface area contributed by atoms with Crippen molar-refractivity contribution in [3.05, 3.63) is 35.9 Å². The van der Waals surface area contributed by atoms with Gasteiger partial charge >= 0.3 is 0 Å². The van der Waals surface area contributed by atoms with Crippen LogP contribution in [0.15, 0.2) is 30.3 Å². The number of carbonyl (C=O) groups excluding carboxylic acids is 2. The molecule has 0 aromatic heterocycles. The van der Waals surface area contributed by atoms with Gasteiger partial charge in [0, 0.05) is 32.0 Å². The molecule has 1 aromatic carbocycles. The van der Waals surface area contributed by atoms with E-state index < -0.39 is 0 Å². The van der Waals surface area contributed by atoms with Gasteiger partial charge in [0.1, 0.15) is 0 Å². The van der Waals surface area contributed by atoms with Crippen molar-refractivity contribution in [1.29, 1.82) is 0 Å². The molecule has 130 valence electrons. The lowest BCUT2D eigenvalue weighted by molar-refractivity contribution is -0.139. The monoisotopic (exact) mass is 329 g/mol. The van der Waals surface area contributed by atoms with Gasteiger partial charge in [-0.3, -0.25) is 9.59 Å². The highest BCUT2D eigenvalue weighted by molar-refractivity contribution is 5.85. The van der Waals surface area contributed by atoms with E-state index in [4.69, 9.17) is 5.73 Å². The van der Waals surface area contributed by atoms with Gasteiger partial charge in [-0.05, 0) is 30.9 Å². The van der Waals surface area contributed by atoms with Crippen LogP contribution in [0.25, 0.3) is 0 Å². The van der Waals surface area contributed by atoms with E-state index in [2.05, 4.69) is 12.1 Å². The molecule has 1 aromatic rings. The van der Waals surface area contributed by atoms with Crippen LogP contribution >= 0.6 is 0 Å². The van der Waals surface area contributed by atoms with E-state index in [0.29, 0.717) is 38.5 Å². The molecule has 0 saturated carbocycles. The number of carbonyl (C=O) groups is 2. The summed E-state index contributed by atoms with van der Waals surface area (Å²) < 4.78 is 0. The fraction of sp³-hybridized carbons (Fsp3) is 0.579. The fourth-order valence-corrected chi connectivity index (χ4v) is 3.86. The van der Waals surface area contributed by atoms with E-state index in [0.717, 1.165) is 19.3 Å². The zero-order valence-corrected chi connectivity index (χ0v) is 14.2. The molecule has 2 amide bonds. The summed E-state index contributed by atoms with van der Waals surface area (Å²) in [6.45, 7) is 2.90. The van der Waals surface area contributed by atoms with Crippen LogP contribution in [0.2, 0.25) is 0 Å². The van der Waals surface area contributed by atoms with E-state index >= 15 is 0 Å². The standard InChI is InChI=1S/C19H27N3O2/c20-11-16-12-22(13-17(16)15-7-3-1-4-8-15)19(24)14-21-10-6-2-5-9-18(21)23/h1,3-4,7-8,16-17H,2,5-6,9-14,20H2/t16-,17+/m1/s1. The van der Waals surface area contributed by atoms with Crippen molar-refractivity contribution in [3.8, 4) is 0 Å². The average Bonchev–Trinajstić information content (AvgIpc) is 2.95. The summed E-state index contributed by atoms with van der Waals surface area (Å²) in [5.74, 6) is 0.758. The number of likely N-dealkylation sites (tertiary alicyclic amines) is 2. The van der Waals surface area contributed by atoms with Crippen LogP contribution in [0.5, 0.6) is 0 Å². The maximum atomic E-state index is 12.7. The molecule has 0 unspecified atom stereocenters. The average molecular weight is 329 g/mol. The number of hydrogen-bond acceptors (Lipinski definition) is 3. The van der Waals surface area contributed by atoms with Crippen LogP contribution in [0.3, 0.4) is 0 Å². The highest BCUT2D eigenvalue weighted by Crippen LogP contribution is 2.32. The molecule has 2 N–H and O–H groups in total. The van der Waals surface area contributed by atoms with Gasteiger partial charge in [0.05, 0.1) is 6.54 Å². The molecule has 2 fully saturated rings. The number of nitrogens with two attached hydrogens (primary N) is 1. The molecule has 24 heavy (non-hydrogen) atoms. The second-order valence-corrected chi connectivity index (χ2v) is 6.94. The maximum Gasteiger partial charge on any atom is 0.242 e. The minimum Gasteiger partial charge on any atom is -0.340 e. The number of benzene rings is 1. The first-order chi connectivity index (χ1) is 11.7. The molecule has 0 bridgehead atoms. The van der Waals surface area contributed by atoms with E-state index in [9.17, 15) is 9.59 Å². The van der Waals surface area contributed by atoms with Crippen LogP contribution in [0, 0.1) is 5.92 Å². The first kappa shape index (κ1) is 17.0. The Kier molecular flexibility index (Phi) is 5.51. The van der Waals surface area contributed by atoms with Gasteiger partial charge in [-0.2, -0.15) is 0 Å². The molecule has 0 aliphatic carbocycles. The first-order valence-electron chi connectivity index (χ1n) is 8.99. The van der Waals surface area contributed by atoms with Crippen molar-refractivity contribution in [2.45, 2.75) is 31.6 Å². The highest BCUT2D eigenvalue weighted by atomic mass is 16.2. The molecule has 0 radical (unpaired) electrons. The Bertz CT molecular complexity index is 575. The van der Waals surface area contributed by atoms with Crippen LogP contribution in [0.1, 0.15) is 37.2 Å². The van der Waals surface area contributed by atoms with Gasteiger partial charge in [0.15, 0.2) is 0 Å². The van der Waals surface area contributed by atoms with Crippen molar-refractivity contribution >= 4 is 11.8 Å². The van der Waals surface area contributed by atoms with Crippen molar-refractivity contribution in [2.24, 2.45) is 11.7 Å². The summed E-state index contributed by atoms with van der Waals surface area (Å²) in [5, 5.41) is 0. The smallest absolute Gasteiger partial charge is 0.242 e. The van der Waals surface area contributed by atoms with Crippen LogP contribution in [0.4, 0.5) is 0 Å². The van der Waals surface area contributed by atoms with Gasteiger partial charge in [-0.15, -0.1) is 0 Å². The lowest BCUT2D eigenvalue weighted by Gasteiger charge is -2.24. The summed E-state index contributed by atoms with van der Waals surface area (Å²) in [4.78, 5) is 28.4. The minimum atomic E-state index is 0.0575. The van der Waals surface area contributed by atoms with Crippen LogP contribution in [-0.4, -0.2) is 54.3 Å². The van der Waals surface area contributed by atoms with Crippen molar-refractivity contribution < 1.29 is 9.59 Å². The van der Waals surface area contributed by atoms with Crippen molar-refractivity contribution in [2.75, 3.05) is 32.7 Å². The molecule has 2 saturated heterocycles. The SMILES string of the molecule is NC[C@@H]1CN(C(=O)CN2CCCCCC2=O)C[C@H]1c1ccccc1. The lowest BCUT2D eigenvalue weighted by atomic mass is 9.89. The largest absolute Gasteiger partial charge is 0.340 e. The minimum absolute atomic E-state index is 0.0575. The Morgan fingerprint density at radius 3 is 2.67 bits per heavy atom. The Hall–Kier alpha value is -1.88. The van der Waals surface area contributed by atoms with Gasteiger partial charge in [0.25, 0.3) is 0 Å². The zero-order chi connectivity index (χ0) is 16.9. The lowest BCUT2D eigenvalue weighted by Crippen LogP contribution is -2.42. The van der Waals surface area contributed by atoms with E-state index in [-0.39, 0.29) is 24.3 Å². The molecular formula is C19H27N3O2. The quantitative estimate of drug-likeness (QED) is 0.912. The molecule has 2 heterocycles. The Labute approximate surface area is 143 Å². The third kappa shape index (κ3) is 3.78. The Morgan fingerprint density at radius 1 is 1.12 bits per heavy atom. The maximum absolute atomic E-state index is 12.7. The van der Waals surface area contributed by atoms with Crippen molar-refractivity contribution in [1.82, 2.24) is 9.80 Å². The molecule has 3 rings (SSSR count). The third-order valence-corrected chi connectivity index (χ3v) is 5.32. The predicted molar refractivity (Wildman–Crippen MR) is 93.4 cm³/mol. The third-order valence-electron chi connectivity index (χ3n) is 5.32. The number of amides is 2. The van der Waals surface area contributed by atoms with Crippen LogP contribution < -0.4 is 5.73 Å². The van der Waals surface area contributed by atoms with E-state index in [1.807, 2.05) is 23.1 Å². The Balaban J connectivity index is 1.64. The van der Waals surface area contributed by atoms with Gasteiger partial charge in [0.2, 0.25) is 11.8 Å². The normalized spacial score (nSPS) is 25.0. The molecule has 5 nitrogen and oxygen atoms in total. The first-order valence-corrected chi connectivity index (χ1v) is 8.99.